The summed E-state index contributed by atoms with van der Waals surface area (Å²) in [5.74, 6) is 0.740. The molecule has 0 spiro atoms. The van der Waals surface area contributed by atoms with Crippen molar-refractivity contribution in [1.82, 2.24) is 15.5 Å². The van der Waals surface area contributed by atoms with Crippen LogP contribution in [-0.2, 0) is 14.3 Å². The third-order valence-electron chi connectivity index (χ3n) is 9.52. The zero-order valence-corrected chi connectivity index (χ0v) is 25.3. The molecule has 3 amide bonds. The van der Waals surface area contributed by atoms with Crippen LogP contribution in [0.15, 0.2) is 0 Å². The van der Waals surface area contributed by atoms with Crippen molar-refractivity contribution in [2.45, 2.75) is 109 Å². The van der Waals surface area contributed by atoms with Crippen molar-refractivity contribution < 1.29 is 19.1 Å². The predicted octanol–water partition coefficient (Wildman–Crippen LogP) is 4.64. The lowest BCUT2D eigenvalue weighted by molar-refractivity contribution is -0.145. The van der Waals surface area contributed by atoms with Gasteiger partial charge in [-0.3, -0.25) is 20.3 Å². The molecule has 5 N–H and O–H groups in total. The molecule has 0 radical (unpaired) electrons. The van der Waals surface area contributed by atoms with Crippen LogP contribution in [0.4, 0.5) is 4.79 Å². The standard InChI is InChI=1S/C29H51N5O4S/c1-5-18-38-27(37)33-29(39-4,28(2,3)22-10-7-6-8-11-22)26(36)34-17-9-12-23(34)25(35)32-19-20-13-15-21(16-14-20)24(30)31/h20-23H,5-19H2,1-4H3,(H3,30,31)(H,32,35)(H,33,37)/t20?,21?,23-,29+/m0/s1. The van der Waals surface area contributed by atoms with E-state index in [4.69, 9.17) is 15.9 Å². The van der Waals surface area contributed by atoms with Crippen LogP contribution in [-0.4, -0.2) is 65.5 Å². The summed E-state index contributed by atoms with van der Waals surface area (Å²) in [6.45, 7) is 7.49. The number of likely N-dealkylation sites (tertiary alicyclic amines) is 1. The summed E-state index contributed by atoms with van der Waals surface area (Å²) in [5.41, 5.74) is 5.13. The zero-order valence-electron chi connectivity index (χ0n) is 24.5. The van der Waals surface area contributed by atoms with Crippen LogP contribution >= 0.6 is 11.8 Å². The lowest BCUT2D eigenvalue weighted by Gasteiger charge is -2.51. The number of nitrogens with one attached hydrogen (secondary N) is 3. The number of hydrogen-bond acceptors (Lipinski definition) is 6. The Labute approximate surface area is 239 Å². The van der Waals surface area contributed by atoms with Crippen LogP contribution in [0.3, 0.4) is 0 Å². The van der Waals surface area contributed by atoms with Crippen molar-refractivity contribution in [3.8, 4) is 0 Å². The number of amidine groups is 1. The lowest BCUT2D eigenvalue weighted by atomic mass is 9.66. The van der Waals surface area contributed by atoms with Crippen LogP contribution in [0.1, 0.15) is 97.8 Å². The van der Waals surface area contributed by atoms with E-state index in [2.05, 4.69) is 24.5 Å². The molecule has 0 aromatic heterocycles. The Balaban J connectivity index is 1.77. The molecule has 2 saturated carbocycles. The van der Waals surface area contributed by atoms with E-state index >= 15 is 0 Å². The number of nitrogens with zero attached hydrogens (tertiary/aromatic N) is 1. The van der Waals surface area contributed by atoms with Gasteiger partial charge in [0.2, 0.25) is 5.91 Å². The van der Waals surface area contributed by atoms with Crippen LogP contribution < -0.4 is 16.4 Å². The number of hydrogen-bond donors (Lipinski definition) is 4. The molecule has 9 nitrogen and oxygen atoms in total. The molecule has 1 aliphatic heterocycles. The van der Waals surface area contributed by atoms with E-state index < -0.39 is 22.4 Å². The van der Waals surface area contributed by atoms with Gasteiger partial charge in [-0.15, -0.1) is 11.8 Å². The Hall–Kier alpha value is -1.97. The Kier molecular flexibility index (Phi) is 11.4. The second-order valence-electron chi connectivity index (χ2n) is 12.3. The van der Waals surface area contributed by atoms with E-state index in [0.29, 0.717) is 31.8 Å². The van der Waals surface area contributed by atoms with Gasteiger partial charge in [0.25, 0.3) is 5.91 Å². The quantitative estimate of drug-likeness (QED) is 0.164. The summed E-state index contributed by atoms with van der Waals surface area (Å²) in [6.07, 6.45) is 12.5. The number of carbonyl (C=O) groups is 3. The Bertz CT molecular complexity index is 870. The highest BCUT2D eigenvalue weighted by Crippen LogP contribution is 2.51. The van der Waals surface area contributed by atoms with Crippen molar-refractivity contribution in [2.24, 2.45) is 28.9 Å². The van der Waals surface area contributed by atoms with Crippen LogP contribution in [0.5, 0.6) is 0 Å². The third kappa shape index (κ3) is 7.22. The molecule has 3 aliphatic rings. The van der Waals surface area contributed by atoms with E-state index in [1.54, 1.807) is 4.90 Å². The first-order chi connectivity index (χ1) is 18.6. The van der Waals surface area contributed by atoms with Crippen LogP contribution in [0.2, 0.25) is 0 Å². The molecule has 2 aliphatic carbocycles. The topological polar surface area (TPSA) is 138 Å². The molecule has 1 saturated heterocycles. The summed E-state index contributed by atoms with van der Waals surface area (Å²) >= 11 is 1.36. The SMILES string of the molecule is CCCOC(=O)N[C@@](SC)(C(=O)N1CCC[C@H]1C(=O)NCC1CCC(C(=N)N)CC1)C(C)(C)C1CCCCC1. The van der Waals surface area contributed by atoms with Crippen LogP contribution in [0.25, 0.3) is 0 Å². The fourth-order valence-electron chi connectivity index (χ4n) is 6.90. The normalized spacial score (nSPS) is 25.9. The summed E-state index contributed by atoms with van der Waals surface area (Å²) in [4.78, 5) is 41.4. The van der Waals surface area contributed by atoms with Crippen molar-refractivity contribution in [3.63, 3.8) is 0 Å². The lowest BCUT2D eigenvalue weighted by Crippen LogP contribution is -2.68. The Morgan fingerprint density at radius 1 is 1.03 bits per heavy atom. The molecule has 0 aromatic rings. The molecular weight excluding hydrogens is 514 g/mol. The highest BCUT2D eigenvalue weighted by atomic mass is 32.2. The minimum Gasteiger partial charge on any atom is -0.450 e. The molecule has 0 aromatic carbocycles. The molecule has 1 heterocycles. The minimum absolute atomic E-state index is 0.117. The van der Waals surface area contributed by atoms with Crippen LogP contribution in [0, 0.1) is 28.6 Å². The average Bonchev–Trinajstić information content (AvgIpc) is 3.44. The Morgan fingerprint density at radius 3 is 2.28 bits per heavy atom. The van der Waals surface area contributed by atoms with E-state index in [0.717, 1.165) is 57.8 Å². The van der Waals surface area contributed by atoms with Crippen molar-refractivity contribution >= 4 is 35.5 Å². The molecule has 0 bridgehead atoms. The van der Waals surface area contributed by atoms with Crippen molar-refractivity contribution in [1.29, 1.82) is 5.41 Å². The van der Waals surface area contributed by atoms with Gasteiger partial charge < -0.3 is 20.7 Å². The molecule has 10 heteroatoms. The molecule has 3 fully saturated rings. The van der Waals surface area contributed by atoms with Gasteiger partial charge in [0.05, 0.1) is 12.4 Å². The Morgan fingerprint density at radius 2 is 1.69 bits per heavy atom. The zero-order chi connectivity index (χ0) is 28.6. The van der Waals surface area contributed by atoms with Gasteiger partial charge in [-0.2, -0.15) is 0 Å². The summed E-state index contributed by atoms with van der Waals surface area (Å²) < 4.78 is 5.41. The first kappa shape index (κ1) is 31.6. The summed E-state index contributed by atoms with van der Waals surface area (Å²) in [6, 6.07) is -0.548. The third-order valence-corrected chi connectivity index (χ3v) is 10.9. The number of ether oxygens (including phenoxy) is 1. The average molecular weight is 566 g/mol. The fraction of sp³-hybridized carbons (Fsp3) is 0.862. The minimum atomic E-state index is -1.24. The van der Waals surface area contributed by atoms with Gasteiger partial charge in [0, 0.05) is 24.4 Å². The van der Waals surface area contributed by atoms with E-state index in [-0.39, 0.29) is 36.1 Å². The smallest absolute Gasteiger partial charge is 0.408 e. The fourth-order valence-corrected chi connectivity index (χ4v) is 8.07. The number of rotatable bonds is 11. The van der Waals surface area contributed by atoms with Gasteiger partial charge in [-0.1, -0.05) is 40.0 Å². The van der Waals surface area contributed by atoms with Gasteiger partial charge in [0.15, 0.2) is 4.87 Å². The largest absolute Gasteiger partial charge is 0.450 e. The van der Waals surface area contributed by atoms with Gasteiger partial charge in [-0.05, 0) is 75.9 Å². The van der Waals surface area contributed by atoms with Crippen molar-refractivity contribution in [2.75, 3.05) is 26.0 Å². The first-order valence-electron chi connectivity index (χ1n) is 15.0. The predicted molar refractivity (Wildman–Crippen MR) is 156 cm³/mol. The maximum Gasteiger partial charge on any atom is 0.408 e. The monoisotopic (exact) mass is 565 g/mol. The van der Waals surface area contributed by atoms with Gasteiger partial charge in [-0.25, -0.2) is 4.79 Å². The van der Waals surface area contributed by atoms with E-state index in [9.17, 15) is 14.4 Å². The molecule has 222 valence electrons. The maximum absolute atomic E-state index is 14.5. The molecule has 2 atom stereocenters. The highest BCUT2D eigenvalue weighted by Gasteiger charge is 2.58. The maximum atomic E-state index is 14.5. The van der Waals surface area contributed by atoms with E-state index in [1.165, 1.54) is 18.2 Å². The van der Waals surface area contributed by atoms with Gasteiger partial charge >= 0.3 is 6.09 Å². The summed E-state index contributed by atoms with van der Waals surface area (Å²) in [7, 11) is 0. The molecule has 39 heavy (non-hydrogen) atoms. The summed E-state index contributed by atoms with van der Waals surface area (Å²) in [5, 5.41) is 13.9. The molecule has 0 unspecified atom stereocenters. The number of thioether (sulfide) groups is 1. The number of amides is 3. The van der Waals surface area contributed by atoms with Crippen molar-refractivity contribution in [3.05, 3.63) is 0 Å². The second-order valence-corrected chi connectivity index (χ2v) is 13.3. The first-order valence-corrected chi connectivity index (χ1v) is 16.2. The highest BCUT2D eigenvalue weighted by molar-refractivity contribution is 8.00. The molecule has 3 rings (SSSR count). The number of carbonyl (C=O) groups excluding carboxylic acids is 3. The van der Waals surface area contributed by atoms with E-state index in [1.807, 2.05) is 13.2 Å². The second kappa shape index (κ2) is 14.1. The number of alkyl carbamates (subject to hydrolysis) is 1. The number of nitrogens with two attached hydrogens (primary N) is 1. The molecular formula is C29H51N5O4S. The van der Waals surface area contributed by atoms with Gasteiger partial charge in [0.1, 0.15) is 6.04 Å².